The first kappa shape index (κ1) is 16.5. The van der Waals surface area contributed by atoms with E-state index in [0.717, 1.165) is 0 Å². The maximum atomic E-state index is 3.37. The molecule has 0 fully saturated rings. The molecule has 3 aromatic rings. The fourth-order valence-electron chi connectivity index (χ4n) is 2.73. The third-order valence-electron chi connectivity index (χ3n) is 4.05. The maximum Gasteiger partial charge on any atom is 0.0804 e. The number of rotatable bonds is 5. The van der Waals surface area contributed by atoms with E-state index in [-0.39, 0.29) is 0 Å². The molecule has 1 heterocycles. The summed E-state index contributed by atoms with van der Waals surface area (Å²) in [5.74, 6) is 0. The summed E-state index contributed by atoms with van der Waals surface area (Å²) in [6, 6.07) is 18.1. The third kappa shape index (κ3) is 3.60. The van der Waals surface area contributed by atoms with Crippen molar-refractivity contribution in [3.05, 3.63) is 59.7 Å². The molecule has 0 saturated carbocycles. The van der Waals surface area contributed by atoms with Gasteiger partial charge in [-0.15, -0.1) is 0 Å². The highest BCUT2D eigenvalue weighted by Crippen LogP contribution is 2.33. The van der Waals surface area contributed by atoms with Gasteiger partial charge in [-0.2, -0.15) is 0 Å². The Labute approximate surface area is 146 Å². The van der Waals surface area contributed by atoms with Gasteiger partial charge >= 0.3 is 0 Å². The van der Waals surface area contributed by atoms with Gasteiger partial charge in [0.1, 0.15) is 0 Å². The fourth-order valence-corrected chi connectivity index (χ4v) is 4.16. The van der Waals surface area contributed by atoms with Crippen LogP contribution < -0.4 is 4.72 Å². The normalized spacial score (nSPS) is 12.7. The molecule has 0 aliphatic heterocycles. The van der Waals surface area contributed by atoms with E-state index in [9.17, 15) is 0 Å². The monoisotopic (exact) mass is 342 g/mol. The van der Waals surface area contributed by atoms with Crippen molar-refractivity contribution < 1.29 is 0 Å². The van der Waals surface area contributed by atoms with E-state index in [2.05, 4.69) is 85.0 Å². The van der Waals surface area contributed by atoms with Crippen LogP contribution in [0.25, 0.3) is 10.9 Å². The molecule has 120 valence electrons. The van der Waals surface area contributed by atoms with Crippen molar-refractivity contribution in [3.63, 3.8) is 0 Å². The van der Waals surface area contributed by atoms with Crippen LogP contribution in [0.4, 0.5) is 0 Å². The molecular formula is C19H22N2S2. The summed E-state index contributed by atoms with van der Waals surface area (Å²) in [7, 11) is 2.14. The van der Waals surface area contributed by atoms with Crippen molar-refractivity contribution in [2.24, 2.45) is 7.05 Å². The second kappa shape index (κ2) is 7.04. The van der Waals surface area contributed by atoms with Gasteiger partial charge in [-0.25, -0.2) is 0 Å². The lowest BCUT2D eigenvalue weighted by atomic mass is 10.1. The van der Waals surface area contributed by atoms with Gasteiger partial charge < -0.3 is 4.57 Å². The van der Waals surface area contributed by atoms with E-state index < -0.39 is 0 Å². The predicted molar refractivity (Wildman–Crippen MR) is 103 cm³/mol. The first-order chi connectivity index (χ1) is 11.1. The summed E-state index contributed by atoms with van der Waals surface area (Å²) in [6.45, 7) is 4.33. The molecule has 0 radical (unpaired) electrons. The first-order valence-electron chi connectivity index (χ1n) is 7.71. The number of benzene rings is 2. The van der Waals surface area contributed by atoms with Crippen LogP contribution in [0.2, 0.25) is 0 Å². The average Bonchev–Trinajstić information content (AvgIpc) is 2.83. The van der Waals surface area contributed by atoms with Gasteiger partial charge in [-0.1, -0.05) is 47.5 Å². The van der Waals surface area contributed by atoms with Crippen LogP contribution in [0.5, 0.6) is 0 Å². The number of nitrogens with zero attached hydrogens (tertiary/aromatic N) is 1. The molecule has 0 spiro atoms. The molecule has 4 heteroatoms. The van der Waals surface area contributed by atoms with E-state index in [0.29, 0.717) is 6.04 Å². The quantitative estimate of drug-likeness (QED) is 0.611. The highest BCUT2D eigenvalue weighted by molar-refractivity contribution is 7.99. The Bertz CT molecular complexity index is 806. The van der Waals surface area contributed by atoms with E-state index >= 15 is 0 Å². The second-order valence-corrected chi connectivity index (χ2v) is 7.56. The van der Waals surface area contributed by atoms with Crippen molar-refractivity contribution in [2.75, 3.05) is 6.26 Å². The van der Waals surface area contributed by atoms with Gasteiger partial charge in [-0.05, 0) is 56.0 Å². The molecule has 0 aliphatic rings. The number of hydrogen-bond acceptors (Lipinski definition) is 3. The number of aromatic nitrogens is 1. The molecule has 2 nitrogen and oxygen atoms in total. The van der Waals surface area contributed by atoms with Crippen LogP contribution in [0.1, 0.15) is 24.1 Å². The zero-order valence-corrected chi connectivity index (χ0v) is 15.6. The number of fused-ring (bicyclic) bond motifs is 1. The molecule has 1 N–H and O–H groups in total. The molecule has 0 aliphatic carbocycles. The minimum Gasteiger partial charge on any atom is -0.339 e. The van der Waals surface area contributed by atoms with Crippen LogP contribution >= 0.6 is 23.7 Å². The average molecular weight is 343 g/mol. The molecule has 1 aromatic heterocycles. The molecular weight excluding hydrogens is 320 g/mol. The van der Waals surface area contributed by atoms with Gasteiger partial charge in [0.15, 0.2) is 0 Å². The molecule has 2 aromatic carbocycles. The smallest absolute Gasteiger partial charge is 0.0804 e. The second-order valence-electron chi connectivity index (χ2n) is 5.82. The molecule has 23 heavy (non-hydrogen) atoms. The van der Waals surface area contributed by atoms with Crippen molar-refractivity contribution in [1.29, 1.82) is 0 Å². The number of aryl methyl sites for hydroxylation is 2. The van der Waals surface area contributed by atoms with Gasteiger partial charge in [0, 0.05) is 28.9 Å². The highest BCUT2D eigenvalue weighted by atomic mass is 32.2. The van der Waals surface area contributed by atoms with Crippen LogP contribution in [-0.4, -0.2) is 10.8 Å². The van der Waals surface area contributed by atoms with Gasteiger partial charge in [0.25, 0.3) is 0 Å². The highest BCUT2D eigenvalue weighted by Gasteiger charge is 2.09. The van der Waals surface area contributed by atoms with Gasteiger partial charge in [-0.3, -0.25) is 4.72 Å². The molecule has 0 saturated heterocycles. The van der Waals surface area contributed by atoms with Crippen LogP contribution in [0.3, 0.4) is 0 Å². The van der Waals surface area contributed by atoms with E-state index in [4.69, 9.17) is 0 Å². The Balaban J connectivity index is 1.83. The minimum absolute atomic E-state index is 0.365. The Morgan fingerprint density at radius 3 is 2.48 bits per heavy atom. The summed E-state index contributed by atoms with van der Waals surface area (Å²) in [5, 5.41) is 2.58. The molecule has 0 bridgehead atoms. The van der Waals surface area contributed by atoms with Crippen LogP contribution in [-0.2, 0) is 7.05 Å². The number of hydrogen-bond donors (Lipinski definition) is 1. The van der Waals surface area contributed by atoms with Crippen LogP contribution in [0.15, 0.2) is 58.5 Å². The third-order valence-corrected chi connectivity index (χ3v) is 5.75. The summed E-state index contributed by atoms with van der Waals surface area (Å²) < 4.78 is 5.64. The Morgan fingerprint density at radius 2 is 1.78 bits per heavy atom. The topological polar surface area (TPSA) is 17.0 Å². The summed E-state index contributed by atoms with van der Waals surface area (Å²) in [5.41, 5.74) is 3.91. The standard InChI is InChI=1S/C19H22N2S2/c1-13-5-10-18-16(11-13)12-19(21(18)3)23-17-8-6-15(7-9-17)14(2)20-22-4/h5-12,14,20H,1-4H3/t14-/m0/s1. The van der Waals surface area contributed by atoms with Crippen molar-refractivity contribution in [3.8, 4) is 0 Å². The number of nitrogens with one attached hydrogen (secondary N) is 1. The van der Waals surface area contributed by atoms with Gasteiger partial charge in [0.2, 0.25) is 0 Å². The van der Waals surface area contributed by atoms with E-state index in [1.54, 1.807) is 11.9 Å². The van der Waals surface area contributed by atoms with E-state index in [1.807, 2.05) is 11.8 Å². The lowest BCUT2D eigenvalue weighted by Gasteiger charge is -2.12. The largest absolute Gasteiger partial charge is 0.339 e. The van der Waals surface area contributed by atoms with Crippen molar-refractivity contribution in [2.45, 2.75) is 29.8 Å². The van der Waals surface area contributed by atoms with Crippen molar-refractivity contribution >= 4 is 34.6 Å². The summed E-state index contributed by atoms with van der Waals surface area (Å²) >= 11 is 3.48. The fraction of sp³-hybridized carbons (Fsp3) is 0.263. The zero-order chi connectivity index (χ0) is 16.4. The minimum atomic E-state index is 0.365. The Hall–Kier alpha value is -1.36. The lowest BCUT2D eigenvalue weighted by molar-refractivity contribution is 0.755. The molecule has 1 atom stereocenters. The molecule has 0 unspecified atom stereocenters. The van der Waals surface area contributed by atoms with Crippen molar-refractivity contribution in [1.82, 2.24) is 9.29 Å². The molecule has 0 amide bonds. The van der Waals surface area contributed by atoms with E-state index in [1.165, 1.54) is 32.0 Å². The summed E-state index contributed by atoms with van der Waals surface area (Å²) in [4.78, 5) is 1.27. The SMILES string of the molecule is CSN[C@@H](C)c1ccc(Sc2cc3cc(C)ccc3n2C)cc1. The summed E-state index contributed by atoms with van der Waals surface area (Å²) in [6.07, 6.45) is 2.06. The zero-order valence-electron chi connectivity index (χ0n) is 14.0. The molecule has 3 rings (SSSR count). The Morgan fingerprint density at radius 1 is 1.04 bits per heavy atom. The first-order valence-corrected chi connectivity index (χ1v) is 9.75. The Kier molecular flexibility index (Phi) is 5.05. The predicted octanol–water partition coefficient (Wildman–Crippen LogP) is 5.57. The van der Waals surface area contributed by atoms with Gasteiger partial charge in [0.05, 0.1) is 5.03 Å². The van der Waals surface area contributed by atoms with Crippen LogP contribution in [0, 0.1) is 6.92 Å². The maximum absolute atomic E-state index is 3.37. The lowest BCUT2D eigenvalue weighted by Crippen LogP contribution is -2.09.